The van der Waals surface area contributed by atoms with Crippen molar-refractivity contribution in [2.45, 2.75) is 43.6 Å². The Bertz CT molecular complexity index is 921. The van der Waals surface area contributed by atoms with Crippen LogP contribution in [0.3, 0.4) is 0 Å². The van der Waals surface area contributed by atoms with E-state index in [9.17, 15) is 27.9 Å². The summed E-state index contributed by atoms with van der Waals surface area (Å²) in [4.78, 5) is 25.2. The average molecular weight is 438 g/mol. The molecule has 10 heteroatoms. The lowest BCUT2D eigenvalue weighted by atomic mass is 9.84. The number of hydrazine groups is 1. The molecule has 5 N–H and O–H groups in total. The van der Waals surface area contributed by atoms with E-state index in [1.807, 2.05) is 0 Å². The number of likely N-dealkylation sites (N-methyl/N-ethyl adjacent to an activating group) is 1. The van der Waals surface area contributed by atoms with Crippen molar-refractivity contribution in [1.29, 1.82) is 0 Å². The Kier molecular flexibility index (Phi) is 5.05. The molecule has 0 saturated heterocycles. The van der Waals surface area contributed by atoms with Gasteiger partial charge in [0.05, 0.1) is 17.7 Å². The molecule has 2 amide bonds. The number of halogens is 3. The Labute approximate surface area is 177 Å². The van der Waals surface area contributed by atoms with Gasteiger partial charge in [0, 0.05) is 7.05 Å². The lowest BCUT2D eigenvalue weighted by molar-refractivity contribution is -0.137. The van der Waals surface area contributed by atoms with Gasteiger partial charge in [0.25, 0.3) is 5.91 Å². The van der Waals surface area contributed by atoms with Crippen LogP contribution < -0.4 is 16.5 Å². The quantitative estimate of drug-likeness (QED) is 0.557. The van der Waals surface area contributed by atoms with E-state index < -0.39 is 41.2 Å². The molecule has 4 rings (SSSR count). The molecule has 1 aliphatic heterocycles. The number of hydrogen-bond donors (Lipinski definition) is 4. The van der Waals surface area contributed by atoms with Crippen molar-refractivity contribution in [3.8, 4) is 0 Å². The first-order valence-electron chi connectivity index (χ1n) is 10.2. The van der Waals surface area contributed by atoms with E-state index in [2.05, 4.69) is 10.7 Å². The topological polar surface area (TPSA) is 108 Å². The van der Waals surface area contributed by atoms with Crippen LogP contribution in [0, 0.1) is 17.8 Å². The third-order valence-electron chi connectivity index (χ3n) is 6.91. The van der Waals surface area contributed by atoms with Gasteiger partial charge in [0.2, 0.25) is 5.91 Å². The van der Waals surface area contributed by atoms with E-state index in [0.29, 0.717) is 18.4 Å². The van der Waals surface area contributed by atoms with Gasteiger partial charge < -0.3 is 21.6 Å². The number of aliphatic hydroxyl groups excluding tert-OH is 1. The molecule has 1 heterocycles. The summed E-state index contributed by atoms with van der Waals surface area (Å²) in [6.07, 6.45) is -2.24. The molecule has 0 bridgehead atoms. The maximum atomic E-state index is 12.9. The molecule has 2 saturated carbocycles. The van der Waals surface area contributed by atoms with Crippen LogP contribution in [-0.4, -0.2) is 40.6 Å². The van der Waals surface area contributed by atoms with Gasteiger partial charge in [-0.25, -0.2) is 0 Å². The van der Waals surface area contributed by atoms with Gasteiger partial charge in [-0.2, -0.15) is 18.2 Å². The highest BCUT2D eigenvalue weighted by atomic mass is 19.4. The van der Waals surface area contributed by atoms with Crippen molar-refractivity contribution in [2.24, 2.45) is 23.5 Å². The highest BCUT2D eigenvalue weighted by molar-refractivity contribution is 5.97. The zero-order valence-corrected chi connectivity index (χ0v) is 17.1. The Morgan fingerprint density at radius 3 is 2.32 bits per heavy atom. The Morgan fingerprint density at radius 2 is 1.84 bits per heavy atom. The zero-order valence-electron chi connectivity index (χ0n) is 17.1. The predicted octanol–water partition coefficient (Wildman–Crippen LogP) is 1.46. The second-order valence-electron chi connectivity index (χ2n) is 8.58. The number of benzene rings is 1. The number of fused-ring (bicyclic) bond motifs is 1. The summed E-state index contributed by atoms with van der Waals surface area (Å²) in [5.74, 6) is -1.09. The van der Waals surface area contributed by atoms with Crippen LogP contribution in [0.2, 0.25) is 0 Å². The minimum atomic E-state index is -4.45. The molecule has 3 unspecified atom stereocenters. The van der Waals surface area contributed by atoms with Crippen molar-refractivity contribution in [3.63, 3.8) is 0 Å². The normalized spacial score (nSPS) is 33.3. The fraction of sp³-hybridized carbons (Fsp3) is 0.524. The second kappa shape index (κ2) is 7.23. The van der Waals surface area contributed by atoms with Gasteiger partial charge in [-0.15, -0.1) is 0 Å². The first-order chi connectivity index (χ1) is 14.5. The summed E-state index contributed by atoms with van der Waals surface area (Å²) in [5, 5.41) is 14.0. The van der Waals surface area contributed by atoms with E-state index in [4.69, 9.17) is 5.73 Å². The number of alkyl halides is 3. The van der Waals surface area contributed by atoms with E-state index >= 15 is 0 Å². The molecule has 168 valence electrons. The van der Waals surface area contributed by atoms with Crippen LogP contribution in [0.4, 0.5) is 13.2 Å². The third-order valence-corrected chi connectivity index (χ3v) is 6.91. The Balaban J connectivity index is 1.71. The van der Waals surface area contributed by atoms with E-state index in [1.54, 1.807) is 11.9 Å². The van der Waals surface area contributed by atoms with Crippen molar-refractivity contribution in [3.05, 3.63) is 47.2 Å². The lowest BCUT2D eigenvalue weighted by Crippen LogP contribution is -2.60. The third kappa shape index (κ3) is 3.38. The summed E-state index contributed by atoms with van der Waals surface area (Å²) in [6.45, 7) is 1.74. The highest BCUT2D eigenvalue weighted by Gasteiger charge is 2.69. The molecule has 0 radical (unpaired) electrons. The number of nitrogens with two attached hydrogens (primary N) is 1. The number of carbonyl (C=O) groups excluding carboxylic acids is 2. The first kappa shape index (κ1) is 21.6. The van der Waals surface area contributed by atoms with Crippen LogP contribution >= 0.6 is 0 Å². The van der Waals surface area contributed by atoms with Crippen LogP contribution in [0.15, 0.2) is 36.0 Å². The number of amides is 2. The monoisotopic (exact) mass is 438 g/mol. The SMILES string of the molecule is CNC(=O)C1=CC(C(N)=O)(C2[C@H]3CC(O)C[C@@H]23)N([C@H](C)c2ccc(C(F)(F)F)cc2)N1. The molecule has 1 aromatic carbocycles. The number of hydrogen-bond acceptors (Lipinski definition) is 5. The van der Waals surface area contributed by atoms with Gasteiger partial charge in [0.15, 0.2) is 0 Å². The van der Waals surface area contributed by atoms with E-state index in [-0.39, 0.29) is 23.5 Å². The van der Waals surface area contributed by atoms with Crippen molar-refractivity contribution in [1.82, 2.24) is 15.8 Å². The van der Waals surface area contributed by atoms with Crippen LogP contribution in [0.1, 0.15) is 36.9 Å². The standard InChI is InChI=1S/C21H25F3N4O3/c1-10(11-3-5-12(6-4-11)21(22,23)24)28-20(19(25)31,9-16(27-28)18(30)26-2)17-14-7-13(29)8-15(14)17/h3-6,9-10,13-15,17,27,29H,7-8H2,1-2H3,(H2,25,31)(H,26,30)/t10-,13?,14-,15+,17?,20?/m1/s1. The molecular formula is C21H25F3N4O3. The maximum absolute atomic E-state index is 12.9. The fourth-order valence-corrected chi connectivity index (χ4v) is 5.39. The Morgan fingerprint density at radius 1 is 1.26 bits per heavy atom. The minimum Gasteiger partial charge on any atom is -0.393 e. The number of aliphatic hydroxyl groups is 1. The van der Waals surface area contributed by atoms with Gasteiger partial charge in [-0.1, -0.05) is 12.1 Å². The first-order valence-corrected chi connectivity index (χ1v) is 10.2. The molecule has 6 atom stereocenters. The molecule has 2 aliphatic carbocycles. The predicted molar refractivity (Wildman–Crippen MR) is 105 cm³/mol. The molecular weight excluding hydrogens is 413 g/mol. The molecule has 31 heavy (non-hydrogen) atoms. The van der Waals surface area contributed by atoms with Gasteiger partial charge in [-0.3, -0.25) is 9.59 Å². The summed E-state index contributed by atoms with van der Waals surface area (Å²) in [7, 11) is 1.46. The summed E-state index contributed by atoms with van der Waals surface area (Å²) in [5.41, 5.74) is 7.46. The second-order valence-corrected chi connectivity index (χ2v) is 8.58. The zero-order chi connectivity index (χ0) is 22.7. The molecule has 1 aromatic rings. The number of primary amides is 1. The molecule has 3 aliphatic rings. The van der Waals surface area contributed by atoms with Crippen LogP contribution in [-0.2, 0) is 15.8 Å². The highest BCUT2D eigenvalue weighted by Crippen LogP contribution is 2.64. The van der Waals surface area contributed by atoms with E-state index in [0.717, 1.165) is 12.1 Å². The van der Waals surface area contributed by atoms with Gasteiger partial charge in [-0.05, 0) is 61.3 Å². The number of rotatable bonds is 5. The summed E-state index contributed by atoms with van der Waals surface area (Å²) < 4.78 is 38.8. The largest absolute Gasteiger partial charge is 0.416 e. The van der Waals surface area contributed by atoms with Crippen molar-refractivity contribution in [2.75, 3.05) is 7.05 Å². The maximum Gasteiger partial charge on any atom is 0.416 e. The number of nitrogens with zero attached hydrogens (tertiary/aromatic N) is 1. The number of nitrogens with one attached hydrogen (secondary N) is 2. The van der Waals surface area contributed by atoms with E-state index in [1.165, 1.54) is 25.3 Å². The molecule has 7 nitrogen and oxygen atoms in total. The molecule has 0 spiro atoms. The van der Waals surface area contributed by atoms with Crippen LogP contribution in [0.5, 0.6) is 0 Å². The summed E-state index contributed by atoms with van der Waals surface area (Å²) in [6, 6.07) is 4.12. The smallest absolute Gasteiger partial charge is 0.393 e. The molecule has 0 aromatic heterocycles. The minimum absolute atomic E-state index is 0.0897. The number of carbonyl (C=O) groups is 2. The fourth-order valence-electron chi connectivity index (χ4n) is 5.39. The van der Waals surface area contributed by atoms with Crippen LogP contribution in [0.25, 0.3) is 0 Å². The van der Waals surface area contributed by atoms with Gasteiger partial charge in [0.1, 0.15) is 11.2 Å². The lowest BCUT2D eigenvalue weighted by Gasteiger charge is -2.40. The van der Waals surface area contributed by atoms with Crippen molar-refractivity contribution < 1.29 is 27.9 Å². The van der Waals surface area contributed by atoms with Crippen molar-refractivity contribution >= 4 is 11.8 Å². The Hall–Kier alpha value is -2.59. The summed E-state index contributed by atoms with van der Waals surface area (Å²) >= 11 is 0. The molecule has 2 fully saturated rings. The van der Waals surface area contributed by atoms with Gasteiger partial charge >= 0.3 is 6.18 Å². The average Bonchev–Trinajstić information content (AvgIpc) is 3.06.